The second kappa shape index (κ2) is 8.82. The Bertz CT molecular complexity index is 437. The Hall–Kier alpha value is -1.26. The molecule has 4 nitrogen and oxygen atoms in total. The first kappa shape index (κ1) is 16.8. The van der Waals surface area contributed by atoms with Gasteiger partial charge in [-0.3, -0.25) is 4.99 Å². The van der Waals surface area contributed by atoms with Gasteiger partial charge >= 0.3 is 0 Å². The number of halogens is 1. The monoisotopic (exact) mass is 297 g/mol. The van der Waals surface area contributed by atoms with Crippen LogP contribution < -0.4 is 5.32 Å². The minimum absolute atomic E-state index is 0.150. The average molecular weight is 298 g/mol. The SMILES string of the molecule is CCNC(=NCC(C)CO)N(C)Cc1ccccc1Cl. The second-order valence-electron chi connectivity index (χ2n) is 4.93. The van der Waals surface area contributed by atoms with Crippen LogP contribution in [0.15, 0.2) is 29.3 Å². The minimum Gasteiger partial charge on any atom is -0.396 e. The first-order valence-electron chi connectivity index (χ1n) is 6.92. The van der Waals surface area contributed by atoms with Gasteiger partial charge < -0.3 is 15.3 Å². The van der Waals surface area contributed by atoms with Gasteiger partial charge in [0.05, 0.1) is 0 Å². The molecule has 0 aromatic heterocycles. The molecule has 0 spiro atoms. The van der Waals surface area contributed by atoms with E-state index in [0.29, 0.717) is 13.1 Å². The van der Waals surface area contributed by atoms with E-state index < -0.39 is 0 Å². The van der Waals surface area contributed by atoms with Crippen molar-refractivity contribution in [2.45, 2.75) is 20.4 Å². The molecule has 0 heterocycles. The van der Waals surface area contributed by atoms with Gasteiger partial charge in [-0.25, -0.2) is 0 Å². The Balaban J connectivity index is 2.73. The zero-order valence-electron chi connectivity index (χ0n) is 12.4. The molecule has 0 radical (unpaired) electrons. The Morgan fingerprint density at radius 3 is 2.75 bits per heavy atom. The van der Waals surface area contributed by atoms with Crippen molar-refractivity contribution in [1.29, 1.82) is 0 Å². The third kappa shape index (κ3) is 5.39. The third-order valence-electron chi connectivity index (χ3n) is 2.93. The van der Waals surface area contributed by atoms with Gasteiger partial charge in [-0.2, -0.15) is 0 Å². The maximum Gasteiger partial charge on any atom is 0.193 e. The van der Waals surface area contributed by atoms with E-state index in [1.807, 2.05) is 50.1 Å². The van der Waals surface area contributed by atoms with E-state index in [-0.39, 0.29) is 12.5 Å². The highest BCUT2D eigenvalue weighted by molar-refractivity contribution is 6.31. The van der Waals surface area contributed by atoms with Gasteiger partial charge in [0.1, 0.15) is 0 Å². The molecule has 2 N–H and O–H groups in total. The van der Waals surface area contributed by atoms with Crippen molar-refractivity contribution >= 4 is 17.6 Å². The minimum atomic E-state index is 0.150. The molecule has 1 rings (SSSR count). The van der Waals surface area contributed by atoms with Crippen molar-refractivity contribution in [3.8, 4) is 0 Å². The maximum absolute atomic E-state index is 9.07. The molecule has 1 unspecified atom stereocenters. The molecule has 1 aromatic carbocycles. The van der Waals surface area contributed by atoms with Crippen molar-refractivity contribution in [2.75, 3.05) is 26.7 Å². The Morgan fingerprint density at radius 2 is 2.15 bits per heavy atom. The van der Waals surface area contributed by atoms with Gasteiger partial charge in [-0.1, -0.05) is 36.7 Å². The number of aliphatic imine (C=N–C) groups is 1. The van der Waals surface area contributed by atoms with Crippen LogP contribution in [0.4, 0.5) is 0 Å². The van der Waals surface area contributed by atoms with E-state index in [9.17, 15) is 0 Å². The molecule has 112 valence electrons. The lowest BCUT2D eigenvalue weighted by Crippen LogP contribution is -2.38. The molecule has 0 saturated heterocycles. The lowest BCUT2D eigenvalue weighted by Gasteiger charge is -2.23. The molecular formula is C15H24ClN3O. The maximum atomic E-state index is 9.07. The standard InChI is InChI=1S/C15H24ClN3O/c1-4-17-15(18-9-12(2)11-20)19(3)10-13-7-5-6-8-14(13)16/h5-8,12,20H,4,9-11H2,1-3H3,(H,17,18). The highest BCUT2D eigenvalue weighted by Gasteiger charge is 2.09. The van der Waals surface area contributed by atoms with Crippen molar-refractivity contribution in [2.24, 2.45) is 10.9 Å². The highest BCUT2D eigenvalue weighted by Crippen LogP contribution is 2.16. The number of aliphatic hydroxyl groups excluding tert-OH is 1. The van der Waals surface area contributed by atoms with Crippen molar-refractivity contribution in [1.82, 2.24) is 10.2 Å². The highest BCUT2D eigenvalue weighted by atomic mass is 35.5. The molecule has 0 bridgehead atoms. The summed E-state index contributed by atoms with van der Waals surface area (Å²) >= 11 is 6.18. The number of nitrogens with zero attached hydrogens (tertiary/aromatic N) is 2. The van der Waals surface area contributed by atoms with E-state index in [4.69, 9.17) is 16.7 Å². The number of hydrogen-bond donors (Lipinski definition) is 2. The summed E-state index contributed by atoms with van der Waals surface area (Å²) in [6, 6.07) is 7.81. The molecule has 0 aliphatic rings. The van der Waals surface area contributed by atoms with Crippen molar-refractivity contribution in [3.63, 3.8) is 0 Å². The Morgan fingerprint density at radius 1 is 1.45 bits per heavy atom. The molecule has 0 amide bonds. The fraction of sp³-hybridized carbons (Fsp3) is 0.533. The predicted octanol–water partition coefficient (Wildman–Crippen LogP) is 2.37. The van der Waals surface area contributed by atoms with Crippen LogP contribution in [0.1, 0.15) is 19.4 Å². The number of aliphatic hydroxyl groups is 1. The molecular weight excluding hydrogens is 274 g/mol. The zero-order chi connectivity index (χ0) is 15.0. The summed E-state index contributed by atoms with van der Waals surface area (Å²) in [5.41, 5.74) is 1.07. The van der Waals surface area contributed by atoms with Crippen LogP contribution in [-0.4, -0.2) is 42.7 Å². The summed E-state index contributed by atoms with van der Waals surface area (Å²) in [5, 5.41) is 13.1. The van der Waals surface area contributed by atoms with Gasteiger partial charge in [-0.15, -0.1) is 0 Å². The predicted molar refractivity (Wildman–Crippen MR) is 85.1 cm³/mol. The first-order chi connectivity index (χ1) is 9.58. The van der Waals surface area contributed by atoms with Crippen LogP contribution in [0.2, 0.25) is 5.02 Å². The lowest BCUT2D eigenvalue weighted by atomic mass is 10.2. The summed E-state index contributed by atoms with van der Waals surface area (Å²) < 4.78 is 0. The lowest BCUT2D eigenvalue weighted by molar-refractivity contribution is 0.241. The van der Waals surface area contributed by atoms with Crippen LogP contribution in [0.5, 0.6) is 0 Å². The third-order valence-corrected chi connectivity index (χ3v) is 3.29. The summed E-state index contributed by atoms with van der Waals surface area (Å²) in [6.45, 7) is 6.26. The smallest absolute Gasteiger partial charge is 0.193 e. The van der Waals surface area contributed by atoms with Gasteiger partial charge in [0.15, 0.2) is 5.96 Å². The van der Waals surface area contributed by atoms with Gasteiger partial charge in [0, 0.05) is 38.3 Å². The molecule has 0 saturated carbocycles. The summed E-state index contributed by atoms with van der Waals surface area (Å²) in [6.07, 6.45) is 0. The van der Waals surface area contributed by atoms with Gasteiger partial charge in [0.25, 0.3) is 0 Å². The molecule has 0 fully saturated rings. The molecule has 0 aliphatic carbocycles. The number of benzene rings is 1. The number of hydrogen-bond acceptors (Lipinski definition) is 2. The van der Waals surface area contributed by atoms with E-state index >= 15 is 0 Å². The fourth-order valence-electron chi connectivity index (χ4n) is 1.73. The van der Waals surface area contributed by atoms with E-state index in [1.165, 1.54) is 0 Å². The van der Waals surface area contributed by atoms with Gasteiger partial charge in [0.2, 0.25) is 0 Å². The number of guanidine groups is 1. The summed E-state index contributed by atoms with van der Waals surface area (Å²) in [4.78, 5) is 6.57. The quantitative estimate of drug-likeness (QED) is 0.626. The zero-order valence-corrected chi connectivity index (χ0v) is 13.2. The van der Waals surface area contributed by atoms with Gasteiger partial charge in [-0.05, 0) is 24.5 Å². The molecule has 0 aliphatic heterocycles. The molecule has 5 heteroatoms. The molecule has 1 atom stereocenters. The normalized spacial score (nSPS) is 13.2. The first-order valence-corrected chi connectivity index (χ1v) is 7.30. The topological polar surface area (TPSA) is 47.9 Å². The Kier molecular flexibility index (Phi) is 7.41. The van der Waals surface area contributed by atoms with Crippen LogP contribution in [-0.2, 0) is 6.54 Å². The van der Waals surface area contributed by atoms with Crippen LogP contribution in [0.25, 0.3) is 0 Å². The number of rotatable bonds is 6. The molecule has 20 heavy (non-hydrogen) atoms. The fourth-order valence-corrected chi connectivity index (χ4v) is 1.92. The van der Waals surface area contributed by atoms with Crippen molar-refractivity contribution in [3.05, 3.63) is 34.9 Å². The van der Waals surface area contributed by atoms with Crippen molar-refractivity contribution < 1.29 is 5.11 Å². The van der Waals surface area contributed by atoms with E-state index in [0.717, 1.165) is 23.1 Å². The van der Waals surface area contributed by atoms with Crippen LogP contribution in [0, 0.1) is 5.92 Å². The average Bonchev–Trinajstić information content (AvgIpc) is 2.45. The second-order valence-corrected chi connectivity index (χ2v) is 5.34. The van der Waals surface area contributed by atoms with E-state index in [2.05, 4.69) is 10.3 Å². The largest absolute Gasteiger partial charge is 0.396 e. The number of nitrogens with one attached hydrogen (secondary N) is 1. The molecule has 1 aromatic rings. The van der Waals surface area contributed by atoms with Crippen LogP contribution >= 0.6 is 11.6 Å². The van der Waals surface area contributed by atoms with Crippen LogP contribution in [0.3, 0.4) is 0 Å². The Labute approximate surface area is 126 Å². The summed E-state index contributed by atoms with van der Waals surface area (Å²) in [7, 11) is 1.98. The summed E-state index contributed by atoms with van der Waals surface area (Å²) in [5.74, 6) is 0.991. The van der Waals surface area contributed by atoms with E-state index in [1.54, 1.807) is 0 Å².